The maximum atomic E-state index is 13.2. The molecule has 1 atom stereocenters. The Morgan fingerprint density at radius 2 is 1.83 bits per heavy atom. The van der Waals surface area contributed by atoms with Crippen LogP contribution in [-0.4, -0.2) is 44.0 Å². The van der Waals surface area contributed by atoms with Crippen molar-refractivity contribution in [3.63, 3.8) is 0 Å². The highest BCUT2D eigenvalue weighted by Gasteiger charge is 2.20. The second-order valence-electron chi connectivity index (χ2n) is 6.51. The highest BCUT2D eigenvalue weighted by atomic mass is 19.1. The van der Waals surface area contributed by atoms with Gasteiger partial charge in [0, 0.05) is 23.5 Å². The van der Waals surface area contributed by atoms with Crippen molar-refractivity contribution in [1.29, 1.82) is 0 Å². The topological polar surface area (TPSA) is 115 Å². The van der Waals surface area contributed by atoms with Crippen LogP contribution in [0.5, 0.6) is 5.75 Å². The van der Waals surface area contributed by atoms with E-state index >= 15 is 0 Å². The molecule has 0 aliphatic heterocycles. The summed E-state index contributed by atoms with van der Waals surface area (Å²) in [6.07, 6.45) is 0. The molecule has 3 N–H and O–H groups in total. The standard InChI is InChI=1S/C19H21FN4O5/c1-12-7-16(24(27)28)17(29-3)9-15(12)22-19(26)11-23(2)10-18(25)21-14-6-4-5-13(20)8-14/h4-9H,10-11H2,1-3H3,(H,21,25)(H,22,26)/p+1. The van der Waals surface area contributed by atoms with E-state index in [0.29, 0.717) is 21.8 Å². The summed E-state index contributed by atoms with van der Waals surface area (Å²) in [4.78, 5) is 35.4. The van der Waals surface area contributed by atoms with E-state index < -0.39 is 10.7 Å². The minimum absolute atomic E-state index is 0.00744. The van der Waals surface area contributed by atoms with E-state index in [1.165, 1.54) is 37.4 Å². The molecular weight excluding hydrogens is 383 g/mol. The first-order chi connectivity index (χ1) is 13.7. The molecule has 154 valence electrons. The normalized spacial score (nSPS) is 11.4. The van der Waals surface area contributed by atoms with E-state index in [9.17, 15) is 24.1 Å². The fraction of sp³-hybridized carbons (Fsp3) is 0.263. The number of anilines is 2. The van der Waals surface area contributed by atoms with Crippen molar-refractivity contribution < 1.29 is 28.5 Å². The highest BCUT2D eigenvalue weighted by Crippen LogP contribution is 2.32. The molecule has 0 fully saturated rings. The van der Waals surface area contributed by atoms with E-state index in [-0.39, 0.29) is 36.3 Å². The van der Waals surface area contributed by atoms with E-state index in [2.05, 4.69) is 10.6 Å². The number of amides is 2. The number of nitro benzene ring substituents is 1. The Morgan fingerprint density at radius 1 is 1.17 bits per heavy atom. The second-order valence-corrected chi connectivity index (χ2v) is 6.51. The van der Waals surface area contributed by atoms with Gasteiger partial charge < -0.3 is 20.3 Å². The molecule has 2 aromatic carbocycles. The third kappa shape index (κ3) is 6.25. The molecule has 2 rings (SSSR count). The quantitative estimate of drug-likeness (QED) is 0.450. The number of hydrogen-bond donors (Lipinski definition) is 3. The molecule has 0 aromatic heterocycles. The van der Waals surface area contributed by atoms with Gasteiger partial charge in [0.1, 0.15) is 5.82 Å². The summed E-state index contributed by atoms with van der Waals surface area (Å²) in [5.41, 5.74) is 1.03. The molecule has 0 aliphatic carbocycles. The van der Waals surface area contributed by atoms with Crippen molar-refractivity contribution in [3.8, 4) is 5.75 Å². The van der Waals surface area contributed by atoms with E-state index in [4.69, 9.17) is 4.74 Å². The Labute approximate surface area is 166 Å². The average molecular weight is 405 g/mol. The number of carbonyl (C=O) groups is 2. The number of rotatable bonds is 8. The predicted molar refractivity (Wildman–Crippen MR) is 105 cm³/mol. The van der Waals surface area contributed by atoms with Crippen LogP contribution in [0.15, 0.2) is 36.4 Å². The van der Waals surface area contributed by atoms with Crippen molar-refractivity contribution in [2.45, 2.75) is 6.92 Å². The lowest BCUT2D eigenvalue weighted by Crippen LogP contribution is -3.11. The minimum atomic E-state index is -0.563. The molecular formula is C19H22FN4O5+. The monoisotopic (exact) mass is 405 g/mol. The number of carbonyl (C=O) groups excluding carboxylic acids is 2. The fourth-order valence-corrected chi connectivity index (χ4v) is 2.69. The number of nitrogens with one attached hydrogen (secondary N) is 3. The Bertz CT molecular complexity index is 935. The highest BCUT2D eigenvalue weighted by molar-refractivity contribution is 5.94. The van der Waals surface area contributed by atoms with Gasteiger partial charge >= 0.3 is 5.69 Å². The third-order valence-corrected chi connectivity index (χ3v) is 4.03. The van der Waals surface area contributed by atoms with Gasteiger partial charge in [-0.05, 0) is 30.7 Å². The molecule has 10 heteroatoms. The molecule has 0 saturated heterocycles. The smallest absolute Gasteiger partial charge is 0.311 e. The molecule has 0 radical (unpaired) electrons. The molecule has 0 bridgehead atoms. The SMILES string of the molecule is COc1cc(NC(=O)C[NH+](C)CC(=O)Nc2cccc(F)c2)c(C)cc1[N+](=O)[O-]. The number of aryl methyl sites for hydroxylation is 1. The number of nitro groups is 1. The van der Waals surface area contributed by atoms with E-state index in [1.807, 2.05) is 0 Å². The number of benzene rings is 2. The van der Waals surface area contributed by atoms with Gasteiger partial charge in [-0.3, -0.25) is 19.7 Å². The number of halogens is 1. The van der Waals surface area contributed by atoms with Crippen LogP contribution in [0.4, 0.5) is 21.5 Å². The Hall–Kier alpha value is -3.53. The molecule has 9 nitrogen and oxygen atoms in total. The fourth-order valence-electron chi connectivity index (χ4n) is 2.69. The lowest BCUT2D eigenvalue weighted by molar-refractivity contribution is -0.862. The molecule has 1 unspecified atom stereocenters. The Morgan fingerprint density at radius 3 is 2.41 bits per heavy atom. The maximum absolute atomic E-state index is 13.2. The first-order valence-electron chi connectivity index (χ1n) is 8.69. The van der Waals surface area contributed by atoms with Crippen LogP contribution >= 0.6 is 0 Å². The summed E-state index contributed by atoms with van der Waals surface area (Å²) in [5, 5.41) is 16.3. The lowest BCUT2D eigenvalue weighted by atomic mass is 10.1. The van der Waals surface area contributed by atoms with Gasteiger partial charge in [-0.25, -0.2) is 4.39 Å². The van der Waals surface area contributed by atoms with Gasteiger partial charge in [0.05, 0.1) is 19.1 Å². The molecule has 2 amide bonds. The van der Waals surface area contributed by atoms with Gasteiger partial charge in [-0.1, -0.05) is 6.07 Å². The summed E-state index contributed by atoms with van der Waals surface area (Å²) < 4.78 is 18.2. The molecule has 0 spiro atoms. The number of nitrogens with zero attached hydrogens (tertiary/aromatic N) is 1. The van der Waals surface area contributed by atoms with Crippen molar-refractivity contribution in [3.05, 3.63) is 57.9 Å². The van der Waals surface area contributed by atoms with Gasteiger partial charge in [-0.15, -0.1) is 0 Å². The van der Waals surface area contributed by atoms with Gasteiger partial charge in [-0.2, -0.15) is 0 Å². The number of likely N-dealkylation sites (N-methyl/N-ethyl adjacent to an activating group) is 1. The Balaban J connectivity index is 1.94. The van der Waals surface area contributed by atoms with Crippen molar-refractivity contribution in [2.24, 2.45) is 0 Å². The minimum Gasteiger partial charge on any atom is -0.490 e. The first kappa shape index (κ1) is 21.8. The summed E-state index contributed by atoms with van der Waals surface area (Å²) >= 11 is 0. The molecule has 0 saturated carbocycles. The summed E-state index contributed by atoms with van der Waals surface area (Å²) in [6.45, 7) is 1.60. The first-order valence-corrected chi connectivity index (χ1v) is 8.69. The zero-order valence-electron chi connectivity index (χ0n) is 16.2. The number of ether oxygens (including phenoxy) is 1. The van der Waals surface area contributed by atoms with E-state index in [0.717, 1.165) is 0 Å². The number of hydrogen-bond acceptors (Lipinski definition) is 5. The molecule has 0 heterocycles. The van der Waals surface area contributed by atoms with Gasteiger partial charge in [0.2, 0.25) is 0 Å². The van der Waals surface area contributed by atoms with Gasteiger partial charge in [0.25, 0.3) is 11.8 Å². The molecule has 2 aromatic rings. The lowest BCUT2D eigenvalue weighted by Gasteiger charge is -2.15. The summed E-state index contributed by atoms with van der Waals surface area (Å²) in [5.74, 6) is -1.17. The summed E-state index contributed by atoms with van der Waals surface area (Å²) in [7, 11) is 2.96. The molecule has 29 heavy (non-hydrogen) atoms. The average Bonchev–Trinajstić information content (AvgIpc) is 2.62. The van der Waals surface area contributed by atoms with Crippen molar-refractivity contribution >= 4 is 28.9 Å². The summed E-state index contributed by atoms with van der Waals surface area (Å²) in [6, 6.07) is 8.22. The van der Waals surface area contributed by atoms with Crippen LogP contribution in [0.25, 0.3) is 0 Å². The van der Waals surface area contributed by atoms with Crippen LogP contribution in [0.1, 0.15) is 5.56 Å². The van der Waals surface area contributed by atoms with Crippen LogP contribution < -0.4 is 20.3 Å². The van der Waals surface area contributed by atoms with Crippen LogP contribution in [0, 0.1) is 22.9 Å². The second kappa shape index (κ2) is 9.60. The predicted octanol–water partition coefficient (Wildman–Crippen LogP) is 1.14. The zero-order chi connectivity index (χ0) is 21.6. The largest absolute Gasteiger partial charge is 0.490 e. The number of methoxy groups -OCH3 is 1. The third-order valence-electron chi connectivity index (χ3n) is 4.03. The maximum Gasteiger partial charge on any atom is 0.311 e. The van der Waals surface area contributed by atoms with Crippen molar-refractivity contribution in [1.82, 2.24) is 0 Å². The van der Waals surface area contributed by atoms with E-state index in [1.54, 1.807) is 20.0 Å². The Kier molecular flexibility index (Phi) is 7.21. The number of quaternary nitrogens is 1. The van der Waals surface area contributed by atoms with Crippen LogP contribution in [0.3, 0.4) is 0 Å². The van der Waals surface area contributed by atoms with Crippen molar-refractivity contribution in [2.75, 3.05) is 37.9 Å². The van der Waals surface area contributed by atoms with Crippen LogP contribution in [-0.2, 0) is 9.59 Å². The van der Waals surface area contributed by atoms with Crippen LogP contribution in [0.2, 0.25) is 0 Å². The zero-order valence-corrected chi connectivity index (χ0v) is 16.2. The van der Waals surface area contributed by atoms with Gasteiger partial charge in [0.15, 0.2) is 18.8 Å². The molecule has 0 aliphatic rings.